The molecule has 3 heteroatoms. The van der Waals surface area contributed by atoms with Gasteiger partial charge in [-0.1, -0.05) is 127 Å². The van der Waals surface area contributed by atoms with Crippen LogP contribution in [0.25, 0.3) is 76.9 Å². The third-order valence-electron chi connectivity index (χ3n) is 9.65. The van der Waals surface area contributed by atoms with Gasteiger partial charge in [0.15, 0.2) is 5.58 Å². The minimum atomic E-state index is 0.843. The van der Waals surface area contributed by atoms with Crippen molar-refractivity contribution < 1.29 is 8.83 Å². The van der Waals surface area contributed by atoms with E-state index in [2.05, 4.69) is 169 Å². The Morgan fingerprint density at radius 3 is 1.82 bits per heavy atom. The fourth-order valence-electron chi connectivity index (χ4n) is 7.36. The summed E-state index contributed by atoms with van der Waals surface area (Å²) in [5.74, 6) is 0. The maximum Gasteiger partial charge on any atom is 0.159 e. The van der Waals surface area contributed by atoms with Gasteiger partial charge in [-0.05, 0) is 76.0 Å². The average molecular weight is 628 g/mol. The molecule has 230 valence electrons. The van der Waals surface area contributed by atoms with Gasteiger partial charge in [0.2, 0.25) is 0 Å². The van der Waals surface area contributed by atoms with Crippen molar-refractivity contribution >= 4 is 71.7 Å². The Labute approximate surface area is 282 Å². The van der Waals surface area contributed by atoms with Gasteiger partial charge in [0.25, 0.3) is 0 Å². The molecule has 0 aliphatic heterocycles. The molecule has 2 heterocycles. The molecule has 10 rings (SSSR count). The fraction of sp³-hybridized carbons (Fsp3) is 0. The summed E-state index contributed by atoms with van der Waals surface area (Å²) in [6.07, 6.45) is 0. The molecule has 10 aromatic rings. The van der Waals surface area contributed by atoms with Crippen LogP contribution in [0.1, 0.15) is 0 Å². The zero-order valence-corrected chi connectivity index (χ0v) is 26.5. The molecule has 0 fully saturated rings. The minimum absolute atomic E-state index is 0.843. The van der Waals surface area contributed by atoms with E-state index in [9.17, 15) is 0 Å². The lowest BCUT2D eigenvalue weighted by Gasteiger charge is -2.26. The zero-order valence-electron chi connectivity index (χ0n) is 26.5. The summed E-state index contributed by atoms with van der Waals surface area (Å²) in [6, 6.07) is 61.9. The first-order valence-corrected chi connectivity index (χ1v) is 16.6. The van der Waals surface area contributed by atoms with E-state index in [0.717, 1.165) is 72.1 Å². The largest absolute Gasteiger partial charge is 0.456 e. The molecule has 0 unspecified atom stereocenters. The molecule has 3 nitrogen and oxygen atoms in total. The van der Waals surface area contributed by atoms with Gasteiger partial charge in [-0.2, -0.15) is 0 Å². The molecule has 2 aromatic heterocycles. The number of anilines is 3. The van der Waals surface area contributed by atoms with Gasteiger partial charge < -0.3 is 13.7 Å². The standard InChI is InChI=1S/C46H29NO2/c1-3-12-30(13-4-1)31-22-24-34(25-23-31)47(35-26-27-43-40(29-35)37-18-9-10-21-42(37)48-43)41-20-11-19-38-44-36-17-8-7-16-33(36)28-39(46(44)49-45(38)41)32-14-5-2-6-15-32/h1-29H. The summed E-state index contributed by atoms with van der Waals surface area (Å²) in [4.78, 5) is 2.31. The molecule has 49 heavy (non-hydrogen) atoms. The quantitative estimate of drug-likeness (QED) is 0.190. The molecule has 0 aliphatic rings. The smallest absolute Gasteiger partial charge is 0.159 e. The van der Waals surface area contributed by atoms with Gasteiger partial charge in [-0.3, -0.25) is 0 Å². The first-order chi connectivity index (χ1) is 24.3. The van der Waals surface area contributed by atoms with Crippen LogP contribution in [0, 0.1) is 0 Å². The molecule has 0 saturated heterocycles. The number of hydrogen-bond acceptors (Lipinski definition) is 3. The van der Waals surface area contributed by atoms with Crippen molar-refractivity contribution in [2.45, 2.75) is 0 Å². The summed E-state index contributed by atoms with van der Waals surface area (Å²) in [5, 5.41) is 6.75. The van der Waals surface area contributed by atoms with E-state index in [1.165, 1.54) is 21.9 Å². The topological polar surface area (TPSA) is 29.5 Å². The molecule has 8 aromatic carbocycles. The summed E-state index contributed by atoms with van der Waals surface area (Å²) < 4.78 is 13.3. The highest BCUT2D eigenvalue weighted by Gasteiger charge is 2.23. The number of benzene rings is 8. The van der Waals surface area contributed by atoms with Crippen LogP contribution in [0.4, 0.5) is 17.1 Å². The molecule has 0 radical (unpaired) electrons. The monoisotopic (exact) mass is 627 g/mol. The van der Waals surface area contributed by atoms with Crippen LogP contribution in [0.2, 0.25) is 0 Å². The van der Waals surface area contributed by atoms with Crippen LogP contribution in [-0.2, 0) is 0 Å². The molecule has 0 aliphatic carbocycles. The van der Waals surface area contributed by atoms with Crippen LogP contribution in [-0.4, -0.2) is 0 Å². The van der Waals surface area contributed by atoms with E-state index < -0.39 is 0 Å². The Morgan fingerprint density at radius 1 is 0.367 bits per heavy atom. The number of fused-ring (bicyclic) bond motifs is 8. The Hall–Kier alpha value is -6.58. The van der Waals surface area contributed by atoms with Crippen LogP contribution in [0.15, 0.2) is 185 Å². The second-order valence-corrected chi connectivity index (χ2v) is 12.5. The molecular formula is C46H29NO2. The van der Waals surface area contributed by atoms with Gasteiger partial charge in [0.05, 0.1) is 5.69 Å². The van der Waals surface area contributed by atoms with Crippen molar-refractivity contribution in [1.82, 2.24) is 0 Å². The lowest BCUT2D eigenvalue weighted by molar-refractivity contribution is 0.669. The molecule has 0 amide bonds. The van der Waals surface area contributed by atoms with Gasteiger partial charge in [0.1, 0.15) is 16.7 Å². The number of nitrogens with zero attached hydrogens (tertiary/aromatic N) is 1. The first kappa shape index (κ1) is 27.5. The zero-order chi connectivity index (χ0) is 32.3. The van der Waals surface area contributed by atoms with E-state index in [0.29, 0.717) is 0 Å². The van der Waals surface area contributed by atoms with E-state index in [-0.39, 0.29) is 0 Å². The summed E-state index contributed by atoms with van der Waals surface area (Å²) >= 11 is 0. The van der Waals surface area contributed by atoms with Gasteiger partial charge in [-0.15, -0.1) is 0 Å². The average Bonchev–Trinajstić information content (AvgIpc) is 3.75. The lowest BCUT2D eigenvalue weighted by Crippen LogP contribution is -2.10. The number of para-hydroxylation sites is 2. The van der Waals surface area contributed by atoms with Crippen LogP contribution in [0.5, 0.6) is 0 Å². The highest BCUT2D eigenvalue weighted by molar-refractivity contribution is 6.24. The first-order valence-electron chi connectivity index (χ1n) is 16.6. The highest BCUT2D eigenvalue weighted by atomic mass is 16.3. The third-order valence-corrected chi connectivity index (χ3v) is 9.65. The fourth-order valence-corrected chi connectivity index (χ4v) is 7.36. The molecule has 0 N–H and O–H groups in total. The maximum absolute atomic E-state index is 7.08. The third kappa shape index (κ3) is 4.44. The van der Waals surface area contributed by atoms with Crippen molar-refractivity contribution in [1.29, 1.82) is 0 Å². The van der Waals surface area contributed by atoms with Crippen molar-refractivity contribution in [2.24, 2.45) is 0 Å². The van der Waals surface area contributed by atoms with Gasteiger partial charge >= 0.3 is 0 Å². The number of rotatable bonds is 5. The van der Waals surface area contributed by atoms with Crippen LogP contribution >= 0.6 is 0 Å². The number of furan rings is 2. The molecule has 0 atom stereocenters. The van der Waals surface area contributed by atoms with Gasteiger partial charge in [0, 0.05) is 38.5 Å². The predicted octanol–water partition coefficient (Wildman–Crippen LogP) is 13.4. The van der Waals surface area contributed by atoms with Crippen molar-refractivity contribution in [3.8, 4) is 22.3 Å². The Kier molecular flexibility index (Phi) is 6.18. The second kappa shape index (κ2) is 11.0. The molecule has 0 saturated carbocycles. The summed E-state index contributed by atoms with van der Waals surface area (Å²) in [6.45, 7) is 0. The Morgan fingerprint density at radius 2 is 1.00 bits per heavy atom. The SMILES string of the molecule is c1ccc(-c2ccc(N(c3ccc4oc5ccccc5c4c3)c3cccc4c3oc3c(-c5ccccc5)cc5ccccc5c34)cc2)cc1. The minimum Gasteiger partial charge on any atom is -0.456 e. The van der Waals surface area contributed by atoms with Gasteiger partial charge in [-0.25, -0.2) is 0 Å². The van der Waals surface area contributed by atoms with Crippen molar-refractivity contribution in [3.63, 3.8) is 0 Å². The molecule has 0 bridgehead atoms. The summed E-state index contributed by atoms with van der Waals surface area (Å²) in [5.41, 5.74) is 11.1. The normalized spacial score (nSPS) is 11.7. The van der Waals surface area contributed by atoms with Crippen LogP contribution in [0.3, 0.4) is 0 Å². The predicted molar refractivity (Wildman–Crippen MR) is 204 cm³/mol. The molecular weight excluding hydrogens is 599 g/mol. The van der Waals surface area contributed by atoms with Crippen molar-refractivity contribution in [3.05, 3.63) is 176 Å². The van der Waals surface area contributed by atoms with Crippen molar-refractivity contribution in [2.75, 3.05) is 4.90 Å². The van der Waals surface area contributed by atoms with E-state index >= 15 is 0 Å². The second-order valence-electron chi connectivity index (χ2n) is 12.5. The van der Waals surface area contributed by atoms with E-state index in [1.54, 1.807) is 0 Å². The van der Waals surface area contributed by atoms with E-state index in [4.69, 9.17) is 8.83 Å². The Bertz CT molecular complexity index is 2810. The van der Waals surface area contributed by atoms with Crippen LogP contribution < -0.4 is 4.90 Å². The number of hydrogen-bond donors (Lipinski definition) is 0. The lowest BCUT2D eigenvalue weighted by atomic mass is 9.96. The maximum atomic E-state index is 7.08. The highest BCUT2D eigenvalue weighted by Crippen LogP contribution is 2.47. The summed E-state index contributed by atoms with van der Waals surface area (Å²) in [7, 11) is 0. The van der Waals surface area contributed by atoms with E-state index in [1.807, 2.05) is 12.1 Å². The molecule has 0 spiro atoms. The Balaban J connectivity index is 1.25.